The van der Waals surface area contributed by atoms with Crippen LogP contribution in [-0.2, 0) is 4.79 Å². The number of Topliss-reactive ketones (excluding diaryl/α,β-unsaturated/α-hetero) is 1. The van der Waals surface area contributed by atoms with Gasteiger partial charge in [-0.05, 0) is 61.1 Å². The lowest BCUT2D eigenvalue weighted by molar-refractivity contribution is -0.107. The third kappa shape index (κ3) is 3.95. The van der Waals surface area contributed by atoms with E-state index in [1.807, 2.05) is 23.2 Å². The quantitative estimate of drug-likeness (QED) is 0.461. The van der Waals surface area contributed by atoms with E-state index in [1.54, 1.807) is 29.2 Å². The Hall–Kier alpha value is -3.74. The van der Waals surface area contributed by atoms with E-state index in [2.05, 4.69) is 23.0 Å². The van der Waals surface area contributed by atoms with Crippen molar-refractivity contribution in [2.24, 2.45) is 5.92 Å². The molecule has 1 aromatic carbocycles. The van der Waals surface area contributed by atoms with Crippen molar-refractivity contribution < 1.29 is 14.4 Å². The number of aromatic amines is 1. The highest BCUT2D eigenvalue weighted by Gasteiger charge is 2.31. The van der Waals surface area contributed by atoms with E-state index in [4.69, 9.17) is 0 Å². The summed E-state index contributed by atoms with van der Waals surface area (Å²) in [4.78, 5) is 47.9. The van der Waals surface area contributed by atoms with Crippen LogP contribution in [0.4, 0.5) is 5.82 Å². The summed E-state index contributed by atoms with van der Waals surface area (Å²) in [5, 5.41) is 1.01. The van der Waals surface area contributed by atoms with Gasteiger partial charge in [-0.3, -0.25) is 19.3 Å². The standard InChI is InChI=1S/C26H26N4O3/c1-16-14-29(26(33)19-5-3-4-18(12-19)17(2)32)11-9-21(16)23-13-24(30(15-31)20-6-7-20)28-25-22(23)8-10-27-25/h3-5,8-10,12-13,15-16,20H,6-7,11,14H2,1-2H3,(H,27,28). The third-order valence-electron chi connectivity index (χ3n) is 6.50. The lowest BCUT2D eigenvalue weighted by Crippen LogP contribution is -2.38. The summed E-state index contributed by atoms with van der Waals surface area (Å²) in [7, 11) is 0. The molecule has 1 aliphatic carbocycles. The van der Waals surface area contributed by atoms with Crippen LogP contribution in [0.3, 0.4) is 0 Å². The van der Waals surface area contributed by atoms with E-state index < -0.39 is 0 Å². The fourth-order valence-corrected chi connectivity index (χ4v) is 4.58. The Balaban J connectivity index is 1.46. The number of carbonyl (C=O) groups is 3. The van der Waals surface area contributed by atoms with Crippen LogP contribution in [-0.4, -0.2) is 52.1 Å². The number of hydrogen-bond acceptors (Lipinski definition) is 4. The predicted molar refractivity (Wildman–Crippen MR) is 127 cm³/mol. The van der Waals surface area contributed by atoms with Gasteiger partial charge in [-0.1, -0.05) is 25.1 Å². The molecule has 0 saturated heterocycles. The summed E-state index contributed by atoms with van der Waals surface area (Å²) in [5.41, 5.74) is 4.00. The van der Waals surface area contributed by atoms with Gasteiger partial charge in [-0.25, -0.2) is 4.98 Å². The molecule has 1 fully saturated rings. The summed E-state index contributed by atoms with van der Waals surface area (Å²) in [6.07, 6.45) is 6.82. The maximum atomic E-state index is 13.1. The van der Waals surface area contributed by atoms with Gasteiger partial charge in [0, 0.05) is 41.8 Å². The molecule has 0 spiro atoms. The first kappa shape index (κ1) is 21.1. The number of fused-ring (bicyclic) bond motifs is 1. The molecule has 7 nitrogen and oxygen atoms in total. The zero-order valence-corrected chi connectivity index (χ0v) is 18.7. The average molecular weight is 443 g/mol. The van der Waals surface area contributed by atoms with Crippen molar-refractivity contribution in [2.75, 3.05) is 18.0 Å². The molecule has 3 heterocycles. The summed E-state index contributed by atoms with van der Waals surface area (Å²) >= 11 is 0. The summed E-state index contributed by atoms with van der Waals surface area (Å²) < 4.78 is 0. The first-order chi connectivity index (χ1) is 16.0. The van der Waals surface area contributed by atoms with Gasteiger partial charge in [0.15, 0.2) is 5.78 Å². The van der Waals surface area contributed by atoms with Crippen molar-refractivity contribution in [3.63, 3.8) is 0 Å². The summed E-state index contributed by atoms with van der Waals surface area (Å²) in [5.74, 6) is 0.615. The van der Waals surface area contributed by atoms with Gasteiger partial charge >= 0.3 is 0 Å². The summed E-state index contributed by atoms with van der Waals surface area (Å²) in [6, 6.07) is 11.1. The van der Waals surface area contributed by atoms with Crippen molar-refractivity contribution in [1.82, 2.24) is 14.9 Å². The number of aromatic nitrogens is 2. The number of ketones is 1. The zero-order chi connectivity index (χ0) is 23.1. The number of nitrogens with one attached hydrogen (secondary N) is 1. The lowest BCUT2D eigenvalue weighted by atomic mass is 9.89. The molecule has 2 aliphatic rings. The number of benzene rings is 1. The Kier molecular flexibility index (Phi) is 5.32. The number of pyridine rings is 1. The molecule has 0 bridgehead atoms. The van der Waals surface area contributed by atoms with Crippen LogP contribution in [0.5, 0.6) is 0 Å². The normalized spacial score (nSPS) is 18.2. The molecule has 168 valence electrons. The lowest BCUT2D eigenvalue weighted by Gasteiger charge is -2.32. The zero-order valence-electron chi connectivity index (χ0n) is 18.7. The molecular weight excluding hydrogens is 416 g/mol. The first-order valence-electron chi connectivity index (χ1n) is 11.3. The van der Waals surface area contributed by atoms with Gasteiger partial charge in [-0.2, -0.15) is 0 Å². The van der Waals surface area contributed by atoms with E-state index >= 15 is 0 Å². The van der Waals surface area contributed by atoms with Crippen molar-refractivity contribution in [3.8, 4) is 0 Å². The fraction of sp³-hybridized carbons (Fsp3) is 0.308. The smallest absolute Gasteiger partial charge is 0.254 e. The average Bonchev–Trinajstić information content (AvgIpc) is 3.54. The monoisotopic (exact) mass is 442 g/mol. The number of hydrogen-bond donors (Lipinski definition) is 1. The number of carbonyl (C=O) groups excluding carboxylic acids is 3. The van der Waals surface area contributed by atoms with Crippen molar-refractivity contribution in [3.05, 3.63) is 65.4 Å². The number of amides is 2. The minimum Gasteiger partial charge on any atom is -0.346 e. The predicted octanol–water partition coefficient (Wildman–Crippen LogP) is 4.07. The maximum Gasteiger partial charge on any atom is 0.254 e. The molecule has 33 heavy (non-hydrogen) atoms. The second kappa shape index (κ2) is 8.31. The van der Waals surface area contributed by atoms with Gasteiger partial charge in [0.25, 0.3) is 5.91 Å². The SMILES string of the molecule is CC(=O)c1cccc(C(=O)N2CC=C(c3cc(N(C=O)C4CC4)nc4[nH]ccc34)C(C)C2)c1. The van der Waals surface area contributed by atoms with E-state index in [-0.39, 0.29) is 23.7 Å². The van der Waals surface area contributed by atoms with Gasteiger partial charge in [0.2, 0.25) is 6.41 Å². The van der Waals surface area contributed by atoms with Crippen molar-refractivity contribution in [2.45, 2.75) is 32.7 Å². The van der Waals surface area contributed by atoms with Gasteiger partial charge in [0.05, 0.1) is 0 Å². The van der Waals surface area contributed by atoms with E-state index in [0.29, 0.717) is 30.0 Å². The molecule has 2 amide bonds. The van der Waals surface area contributed by atoms with Gasteiger partial charge in [0.1, 0.15) is 11.5 Å². The van der Waals surface area contributed by atoms with Crippen molar-refractivity contribution >= 4 is 40.5 Å². The first-order valence-corrected chi connectivity index (χ1v) is 11.3. The number of anilines is 1. The Labute approximate surface area is 192 Å². The van der Waals surface area contributed by atoms with E-state index in [9.17, 15) is 14.4 Å². The number of nitrogens with zero attached hydrogens (tertiary/aromatic N) is 3. The maximum absolute atomic E-state index is 13.1. The molecule has 7 heteroatoms. The molecule has 1 N–H and O–H groups in total. The van der Waals surface area contributed by atoms with Crippen LogP contribution >= 0.6 is 0 Å². The minimum atomic E-state index is -0.0803. The Morgan fingerprint density at radius 2 is 1.97 bits per heavy atom. The Morgan fingerprint density at radius 1 is 1.18 bits per heavy atom. The van der Waals surface area contributed by atoms with Crippen LogP contribution in [0.25, 0.3) is 16.6 Å². The third-order valence-corrected chi connectivity index (χ3v) is 6.50. The van der Waals surface area contributed by atoms with E-state index in [1.165, 1.54) is 6.92 Å². The number of H-pyrrole nitrogens is 1. The topological polar surface area (TPSA) is 86.4 Å². The Bertz CT molecular complexity index is 1290. The van der Waals surface area contributed by atoms with Crippen LogP contribution in [0.2, 0.25) is 0 Å². The highest BCUT2D eigenvalue weighted by Crippen LogP contribution is 2.37. The van der Waals surface area contributed by atoms with Gasteiger partial charge in [-0.15, -0.1) is 0 Å². The van der Waals surface area contributed by atoms with Crippen LogP contribution < -0.4 is 4.90 Å². The molecule has 5 rings (SSSR count). The van der Waals surface area contributed by atoms with E-state index in [0.717, 1.165) is 41.4 Å². The van der Waals surface area contributed by atoms with Crippen LogP contribution in [0.15, 0.2) is 48.7 Å². The minimum absolute atomic E-state index is 0.0570. The molecule has 3 aromatic rings. The largest absolute Gasteiger partial charge is 0.346 e. The second-order valence-electron chi connectivity index (χ2n) is 8.92. The van der Waals surface area contributed by atoms with Crippen molar-refractivity contribution in [1.29, 1.82) is 0 Å². The molecule has 1 saturated carbocycles. The van der Waals surface area contributed by atoms with Crippen LogP contribution in [0.1, 0.15) is 53.0 Å². The molecule has 1 aliphatic heterocycles. The summed E-state index contributed by atoms with van der Waals surface area (Å²) in [6.45, 7) is 4.65. The fourth-order valence-electron chi connectivity index (χ4n) is 4.58. The van der Waals surface area contributed by atoms with Gasteiger partial charge < -0.3 is 9.88 Å². The molecular formula is C26H26N4O3. The molecule has 2 aromatic heterocycles. The molecule has 1 atom stereocenters. The Morgan fingerprint density at radius 3 is 2.67 bits per heavy atom. The number of rotatable bonds is 6. The highest BCUT2D eigenvalue weighted by atomic mass is 16.2. The molecule has 0 radical (unpaired) electrons. The van der Waals surface area contributed by atoms with Crippen LogP contribution in [0, 0.1) is 5.92 Å². The highest BCUT2D eigenvalue weighted by molar-refractivity contribution is 6.00. The molecule has 1 unspecified atom stereocenters. The second-order valence-corrected chi connectivity index (χ2v) is 8.92.